The second kappa shape index (κ2) is 6.84. The van der Waals surface area contributed by atoms with Crippen LogP contribution in [0.5, 0.6) is 0 Å². The zero-order valence-corrected chi connectivity index (χ0v) is 15.8. The highest BCUT2D eigenvalue weighted by Crippen LogP contribution is 2.42. The first-order valence-electron chi connectivity index (χ1n) is 9.67. The molecule has 1 N–H and O–H groups in total. The molecule has 0 saturated carbocycles. The maximum atomic E-state index is 9.77. The lowest BCUT2D eigenvalue weighted by Crippen LogP contribution is -2.07. The normalized spacial score (nSPS) is 18.5. The Morgan fingerprint density at radius 1 is 0.964 bits per heavy atom. The first-order chi connectivity index (χ1) is 13.7. The van der Waals surface area contributed by atoms with Gasteiger partial charge in [0.2, 0.25) is 0 Å². The van der Waals surface area contributed by atoms with Gasteiger partial charge in [0, 0.05) is 30.6 Å². The van der Waals surface area contributed by atoms with Crippen LogP contribution in [-0.4, -0.2) is 31.2 Å². The molecule has 1 aliphatic carbocycles. The minimum atomic E-state index is 0.192. The summed E-state index contributed by atoms with van der Waals surface area (Å²) in [4.78, 5) is 13.7. The third kappa shape index (κ3) is 2.79. The van der Waals surface area contributed by atoms with E-state index >= 15 is 0 Å². The molecule has 4 aromatic rings. The molecule has 0 spiro atoms. The largest absolute Gasteiger partial charge is 0.396 e. The minimum absolute atomic E-state index is 0.192. The van der Waals surface area contributed by atoms with Gasteiger partial charge in [0.15, 0.2) is 5.65 Å². The first-order valence-corrected chi connectivity index (χ1v) is 9.67. The van der Waals surface area contributed by atoms with Crippen molar-refractivity contribution in [2.45, 2.75) is 31.7 Å². The smallest absolute Gasteiger partial charge is 0.163 e. The molecule has 0 unspecified atom stereocenters. The lowest BCUT2D eigenvalue weighted by Gasteiger charge is -2.13. The summed E-state index contributed by atoms with van der Waals surface area (Å²) in [6.07, 6.45) is 4.44. The molecule has 28 heavy (non-hydrogen) atoms. The van der Waals surface area contributed by atoms with Crippen molar-refractivity contribution in [1.29, 1.82) is 0 Å². The molecule has 2 aromatic heterocycles. The monoisotopic (exact) mass is 370 g/mol. The Labute approximate surface area is 163 Å². The molecule has 140 valence electrons. The molecule has 2 atom stereocenters. The number of aliphatic hydroxyl groups is 1. The molecule has 5 nitrogen and oxygen atoms in total. The average molecular weight is 370 g/mol. The highest BCUT2D eigenvalue weighted by Gasteiger charge is 2.30. The number of hydrogen-bond acceptors (Lipinski definition) is 4. The van der Waals surface area contributed by atoms with E-state index in [1.807, 2.05) is 6.33 Å². The minimum Gasteiger partial charge on any atom is -0.396 e. The number of hydrogen-bond donors (Lipinski definition) is 1. The van der Waals surface area contributed by atoms with E-state index in [0.29, 0.717) is 5.92 Å². The van der Waals surface area contributed by atoms with Gasteiger partial charge in [0.25, 0.3) is 0 Å². The summed E-state index contributed by atoms with van der Waals surface area (Å²) in [5, 5.41) is 9.77. The van der Waals surface area contributed by atoms with Crippen LogP contribution in [0, 0.1) is 6.92 Å². The molecular formula is C23H22N4O. The van der Waals surface area contributed by atoms with Gasteiger partial charge in [0.1, 0.15) is 17.5 Å². The summed E-state index contributed by atoms with van der Waals surface area (Å²) in [5.41, 5.74) is 7.42. The zero-order valence-electron chi connectivity index (χ0n) is 15.8. The standard InChI is InChI=1S/C23H22N4O/c1-15-6-8-16(9-7-15)21-22-23(25-13-24-21)27(14-26-22)11-17-10-18(12-28)20-5-3-2-4-19(17)20/h2-9,13-14,17-18,28H,10-12H2,1H3/t17-,18+/m0/s1. The fourth-order valence-electron chi connectivity index (χ4n) is 4.37. The quantitative estimate of drug-likeness (QED) is 0.588. The third-order valence-electron chi connectivity index (χ3n) is 5.81. The van der Waals surface area contributed by atoms with Crippen LogP contribution in [0.2, 0.25) is 0 Å². The highest BCUT2D eigenvalue weighted by molar-refractivity contribution is 5.87. The van der Waals surface area contributed by atoms with E-state index < -0.39 is 0 Å². The van der Waals surface area contributed by atoms with Crippen LogP contribution in [0.1, 0.15) is 34.9 Å². The van der Waals surface area contributed by atoms with Gasteiger partial charge in [0.05, 0.1) is 6.33 Å². The van der Waals surface area contributed by atoms with Crippen molar-refractivity contribution < 1.29 is 5.11 Å². The van der Waals surface area contributed by atoms with E-state index in [0.717, 1.165) is 35.4 Å². The average Bonchev–Trinajstić information content (AvgIpc) is 3.31. The van der Waals surface area contributed by atoms with Crippen molar-refractivity contribution in [3.8, 4) is 11.3 Å². The van der Waals surface area contributed by atoms with Crippen LogP contribution in [-0.2, 0) is 6.54 Å². The molecule has 0 amide bonds. The molecule has 2 aromatic carbocycles. The predicted octanol–water partition coefficient (Wildman–Crippen LogP) is 4.07. The van der Waals surface area contributed by atoms with Crippen LogP contribution >= 0.6 is 0 Å². The van der Waals surface area contributed by atoms with Crippen molar-refractivity contribution in [3.63, 3.8) is 0 Å². The summed E-state index contributed by atoms with van der Waals surface area (Å²) >= 11 is 0. The Kier molecular flexibility index (Phi) is 4.17. The van der Waals surface area contributed by atoms with E-state index in [1.54, 1.807) is 6.33 Å². The van der Waals surface area contributed by atoms with Crippen molar-refractivity contribution in [3.05, 3.63) is 77.9 Å². The summed E-state index contributed by atoms with van der Waals surface area (Å²) < 4.78 is 2.12. The van der Waals surface area contributed by atoms with Gasteiger partial charge in [-0.2, -0.15) is 0 Å². The van der Waals surface area contributed by atoms with Gasteiger partial charge in [-0.3, -0.25) is 0 Å². The van der Waals surface area contributed by atoms with Crippen molar-refractivity contribution >= 4 is 11.2 Å². The van der Waals surface area contributed by atoms with Crippen molar-refractivity contribution in [1.82, 2.24) is 19.5 Å². The number of fused-ring (bicyclic) bond motifs is 2. The number of rotatable bonds is 4. The Morgan fingerprint density at radius 3 is 2.46 bits per heavy atom. The molecule has 1 aliphatic rings. The van der Waals surface area contributed by atoms with Gasteiger partial charge in [-0.25, -0.2) is 15.0 Å². The Hall–Kier alpha value is -3.05. The van der Waals surface area contributed by atoms with Crippen molar-refractivity contribution in [2.24, 2.45) is 0 Å². The molecule has 5 heteroatoms. The molecule has 0 saturated heterocycles. The lowest BCUT2D eigenvalue weighted by atomic mass is 10.0. The number of aromatic nitrogens is 4. The Balaban J connectivity index is 1.52. The third-order valence-corrected chi connectivity index (χ3v) is 5.81. The van der Waals surface area contributed by atoms with E-state index in [-0.39, 0.29) is 12.5 Å². The molecule has 0 aliphatic heterocycles. The number of benzene rings is 2. The van der Waals surface area contributed by atoms with E-state index in [9.17, 15) is 5.11 Å². The van der Waals surface area contributed by atoms with Crippen molar-refractivity contribution in [2.75, 3.05) is 6.61 Å². The van der Waals surface area contributed by atoms with Gasteiger partial charge in [-0.05, 0) is 24.5 Å². The van der Waals surface area contributed by atoms with E-state index in [1.165, 1.54) is 16.7 Å². The maximum Gasteiger partial charge on any atom is 0.163 e. The highest BCUT2D eigenvalue weighted by atomic mass is 16.3. The predicted molar refractivity (Wildman–Crippen MR) is 109 cm³/mol. The fourth-order valence-corrected chi connectivity index (χ4v) is 4.37. The van der Waals surface area contributed by atoms with E-state index in [4.69, 9.17) is 0 Å². The van der Waals surface area contributed by atoms with Crippen LogP contribution in [0.3, 0.4) is 0 Å². The summed E-state index contributed by atoms with van der Waals surface area (Å²) in [6, 6.07) is 16.8. The van der Waals surface area contributed by atoms with Crippen LogP contribution in [0.25, 0.3) is 22.4 Å². The summed E-state index contributed by atoms with van der Waals surface area (Å²) in [7, 11) is 0. The maximum absolute atomic E-state index is 9.77. The van der Waals surface area contributed by atoms with Crippen LogP contribution in [0.15, 0.2) is 61.2 Å². The number of nitrogens with zero attached hydrogens (tertiary/aromatic N) is 4. The van der Waals surface area contributed by atoms with Crippen LogP contribution in [0.4, 0.5) is 0 Å². The molecule has 0 fully saturated rings. The second-order valence-corrected chi connectivity index (χ2v) is 7.60. The lowest BCUT2D eigenvalue weighted by molar-refractivity contribution is 0.259. The molecule has 5 rings (SSSR count). The van der Waals surface area contributed by atoms with Crippen LogP contribution < -0.4 is 0 Å². The molecule has 0 radical (unpaired) electrons. The van der Waals surface area contributed by atoms with Gasteiger partial charge >= 0.3 is 0 Å². The number of aryl methyl sites for hydroxylation is 1. The Morgan fingerprint density at radius 2 is 1.71 bits per heavy atom. The fraction of sp³-hybridized carbons (Fsp3) is 0.261. The van der Waals surface area contributed by atoms with Gasteiger partial charge < -0.3 is 9.67 Å². The number of aliphatic hydroxyl groups excluding tert-OH is 1. The Bertz CT molecular complexity index is 1130. The molecule has 2 heterocycles. The summed E-state index contributed by atoms with van der Waals surface area (Å²) in [5.74, 6) is 0.567. The topological polar surface area (TPSA) is 63.8 Å². The van der Waals surface area contributed by atoms with E-state index in [2.05, 4.69) is 75.0 Å². The number of imidazole rings is 1. The molecular weight excluding hydrogens is 348 g/mol. The first kappa shape index (κ1) is 17.1. The zero-order chi connectivity index (χ0) is 19.1. The second-order valence-electron chi connectivity index (χ2n) is 7.60. The summed E-state index contributed by atoms with van der Waals surface area (Å²) in [6.45, 7) is 3.07. The SMILES string of the molecule is Cc1ccc(-c2ncnc3c2ncn3C[C@@H]2C[C@H](CO)c3ccccc32)cc1. The molecule has 0 bridgehead atoms. The van der Waals surface area contributed by atoms with Gasteiger partial charge in [-0.1, -0.05) is 54.1 Å². The van der Waals surface area contributed by atoms with Gasteiger partial charge in [-0.15, -0.1) is 0 Å².